The van der Waals surface area contributed by atoms with Crippen molar-refractivity contribution in [2.24, 2.45) is 17.8 Å². The van der Waals surface area contributed by atoms with Crippen LogP contribution in [0, 0.1) is 17.8 Å². The van der Waals surface area contributed by atoms with E-state index in [4.69, 9.17) is 4.74 Å². The molecule has 4 atom stereocenters. The fourth-order valence-corrected chi connectivity index (χ4v) is 6.93. The number of Topliss-reactive ketones (excluding diaryl/α,β-unsaturated/α-hetero) is 1. The van der Waals surface area contributed by atoms with Crippen molar-refractivity contribution >= 4 is 39.3 Å². The number of aromatic hydroxyl groups is 1. The van der Waals surface area contributed by atoms with Crippen molar-refractivity contribution in [1.82, 2.24) is 4.90 Å². The van der Waals surface area contributed by atoms with Gasteiger partial charge in [0.1, 0.15) is 11.5 Å². The van der Waals surface area contributed by atoms with Crippen molar-refractivity contribution in [1.29, 1.82) is 0 Å². The van der Waals surface area contributed by atoms with Crippen LogP contribution in [0.1, 0.15) is 29.9 Å². The fourth-order valence-electron chi connectivity index (χ4n) is 6.49. The Balaban J connectivity index is 1.47. The molecular formula is C30H24BrNO6. The molecule has 4 unspecified atom stereocenters. The van der Waals surface area contributed by atoms with Crippen LogP contribution in [0.15, 0.2) is 81.9 Å². The quantitative estimate of drug-likeness (QED) is 0.331. The molecule has 192 valence electrons. The Morgan fingerprint density at radius 3 is 2.53 bits per heavy atom. The largest absolute Gasteiger partial charge is 0.508 e. The van der Waals surface area contributed by atoms with E-state index < -0.39 is 23.7 Å². The molecule has 0 aromatic heterocycles. The molecule has 1 aliphatic heterocycles. The van der Waals surface area contributed by atoms with Gasteiger partial charge in [-0.1, -0.05) is 48.0 Å². The van der Waals surface area contributed by atoms with Crippen LogP contribution in [0.5, 0.6) is 11.5 Å². The molecule has 2 aromatic rings. The number of likely N-dealkylation sites (tertiary alicyclic amines) is 1. The van der Waals surface area contributed by atoms with E-state index in [1.54, 1.807) is 6.07 Å². The number of carbonyl (C=O) groups excluding carboxylic acids is 4. The Hall–Kier alpha value is -3.78. The smallest absolute Gasteiger partial charge is 0.234 e. The second kappa shape index (κ2) is 9.20. The Morgan fingerprint density at radius 1 is 1.03 bits per heavy atom. The summed E-state index contributed by atoms with van der Waals surface area (Å²) in [6, 6.07) is 14.1. The number of hydrogen-bond donors (Lipinski definition) is 1. The van der Waals surface area contributed by atoms with Crippen molar-refractivity contribution in [3.05, 3.63) is 93.0 Å². The molecule has 7 nitrogen and oxygen atoms in total. The summed E-state index contributed by atoms with van der Waals surface area (Å²) in [4.78, 5) is 55.3. The topological polar surface area (TPSA) is 101 Å². The van der Waals surface area contributed by atoms with Gasteiger partial charge in [-0.2, -0.15) is 0 Å². The van der Waals surface area contributed by atoms with E-state index in [0.717, 1.165) is 11.1 Å². The minimum Gasteiger partial charge on any atom is -0.508 e. The highest BCUT2D eigenvalue weighted by Crippen LogP contribution is 2.56. The molecule has 0 radical (unpaired) electrons. The van der Waals surface area contributed by atoms with Crippen LogP contribution in [0.3, 0.4) is 0 Å². The van der Waals surface area contributed by atoms with Crippen molar-refractivity contribution < 1.29 is 29.0 Å². The molecule has 1 N–H and O–H groups in total. The maximum atomic E-state index is 13.8. The molecule has 0 bridgehead atoms. The number of phenols is 1. The Bertz CT molecular complexity index is 1500. The minimum absolute atomic E-state index is 0.00617. The summed E-state index contributed by atoms with van der Waals surface area (Å²) in [5, 5.41) is 10.1. The predicted octanol–water partition coefficient (Wildman–Crippen LogP) is 4.36. The first-order chi connectivity index (χ1) is 18.3. The highest BCUT2D eigenvalue weighted by molar-refractivity contribution is 9.12. The molecule has 6 rings (SSSR count). The van der Waals surface area contributed by atoms with Gasteiger partial charge in [0.05, 0.1) is 30.0 Å². The first-order valence-corrected chi connectivity index (χ1v) is 13.2. The SMILES string of the molecule is COc1cc(O)ccc1C1C2=CCC3C(=O)N(Cc4ccccc4)C(=O)C3C2CC2=C1C(=O)C=C(Br)C2=O. The van der Waals surface area contributed by atoms with E-state index in [0.29, 0.717) is 28.9 Å². The Kier molecular flexibility index (Phi) is 5.94. The van der Waals surface area contributed by atoms with Crippen molar-refractivity contribution in [2.75, 3.05) is 7.11 Å². The predicted molar refractivity (Wildman–Crippen MR) is 141 cm³/mol. The highest BCUT2D eigenvalue weighted by atomic mass is 79.9. The number of allylic oxidation sites excluding steroid dienone is 6. The zero-order valence-electron chi connectivity index (χ0n) is 20.5. The summed E-state index contributed by atoms with van der Waals surface area (Å²) < 4.78 is 5.75. The van der Waals surface area contributed by atoms with Gasteiger partial charge in [0.25, 0.3) is 0 Å². The fraction of sp³-hybridized carbons (Fsp3) is 0.267. The maximum absolute atomic E-state index is 13.8. The van der Waals surface area contributed by atoms with Gasteiger partial charge in [-0.25, -0.2) is 0 Å². The average molecular weight is 574 g/mol. The van der Waals surface area contributed by atoms with Gasteiger partial charge in [-0.05, 0) is 46.3 Å². The van der Waals surface area contributed by atoms with E-state index in [2.05, 4.69) is 15.9 Å². The second-order valence-electron chi connectivity index (χ2n) is 10.1. The van der Waals surface area contributed by atoms with Gasteiger partial charge in [0, 0.05) is 34.8 Å². The summed E-state index contributed by atoms with van der Waals surface area (Å²) in [5.74, 6) is -2.85. The number of benzene rings is 2. The van der Waals surface area contributed by atoms with Crippen LogP contribution in [0.25, 0.3) is 0 Å². The van der Waals surface area contributed by atoms with E-state index in [-0.39, 0.29) is 46.6 Å². The molecule has 2 aromatic carbocycles. The summed E-state index contributed by atoms with van der Waals surface area (Å²) >= 11 is 3.24. The molecule has 38 heavy (non-hydrogen) atoms. The third-order valence-corrected chi connectivity index (χ3v) is 8.72. The third kappa shape index (κ3) is 3.69. The van der Waals surface area contributed by atoms with Gasteiger partial charge in [-0.15, -0.1) is 0 Å². The molecule has 8 heteroatoms. The van der Waals surface area contributed by atoms with Crippen molar-refractivity contribution in [3.63, 3.8) is 0 Å². The number of fused-ring (bicyclic) bond motifs is 3. The summed E-state index contributed by atoms with van der Waals surface area (Å²) in [7, 11) is 1.48. The molecule has 2 amide bonds. The van der Waals surface area contributed by atoms with E-state index >= 15 is 0 Å². The summed E-state index contributed by atoms with van der Waals surface area (Å²) in [6.07, 6.45) is 3.83. The lowest BCUT2D eigenvalue weighted by Crippen LogP contribution is -2.39. The molecular weight excluding hydrogens is 550 g/mol. The lowest BCUT2D eigenvalue weighted by Gasteiger charge is -2.42. The first kappa shape index (κ1) is 24.6. The number of phenolic OH excluding ortho intramolecular Hbond substituents is 1. The maximum Gasteiger partial charge on any atom is 0.234 e. The van der Waals surface area contributed by atoms with Gasteiger partial charge in [-0.3, -0.25) is 24.1 Å². The monoisotopic (exact) mass is 573 g/mol. The molecule has 1 saturated heterocycles. The van der Waals surface area contributed by atoms with Crippen LogP contribution in [0.4, 0.5) is 0 Å². The molecule has 0 saturated carbocycles. The van der Waals surface area contributed by atoms with Crippen LogP contribution in [-0.2, 0) is 25.7 Å². The number of amides is 2. The van der Waals surface area contributed by atoms with E-state index in [9.17, 15) is 24.3 Å². The lowest BCUT2D eigenvalue weighted by molar-refractivity contribution is -0.140. The van der Waals surface area contributed by atoms with Crippen LogP contribution < -0.4 is 4.74 Å². The number of halogens is 1. The number of nitrogens with zero attached hydrogens (tertiary/aromatic N) is 1. The van der Waals surface area contributed by atoms with Gasteiger partial charge in [0.2, 0.25) is 11.8 Å². The number of ketones is 2. The van der Waals surface area contributed by atoms with Gasteiger partial charge in [0.15, 0.2) is 11.6 Å². The number of imide groups is 1. The lowest BCUT2D eigenvalue weighted by atomic mass is 9.59. The normalized spacial score (nSPS) is 26.5. The molecule has 1 heterocycles. The zero-order valence-corrected chi connectivity index (χ0v) is 22.1. The van der Waals surface area contributed by atoms with Crippen molar-refractivity contribution in [3.8, 4) is 11.5 Å². The molecule has 1 fully saturated rings. The van der Waals surface area contributed by atoms with Gasteiger partial charge >= 0.3 is 0 Å². The summed E-state index contributed by atoms with van der Waals surface area (Å²) in [6.45, 7) is 0.197. The Morgan fingerprint density at radius 2 is 1.79 bits per heavy atom. The Labute approximate surface area is 227 Å². The van der Waals surface area contributed by atoms with Crippen molar-refractivity contribution in [2.45, 2.75) is 25.3 Å². The van der Waals surface area contributed by atoms with E-state index in [1.807, 2.05) is 36.4 Å². The van der Waals surface area contributed by atoms with Crippen LogP contribution in [-0.4, -0.2) is 40.5 Å². The standard InChI is InChI=1S/C30H24BrNO6/c1-38-24-11-16(33)7-8-18(24)25-17-9-10-19-26(20(17)12-21-27(25)23(34)13-22(31)28(21)35)30(37)32(29(19)36)14-15-5-3-2-4-6-15/h2-9,11,13,19-20,25-26,33H,10,12,14H2,1H3. The number of carbonyl (C=O) groups is 4. The zero-order chi connectivity index (χ0) is 26.7. The minimum atomic E-state index is -0.639. The number of rotatable bonds is 4. The number of methoxy groups -OCH3 is 1. The van der Waals surface area contributed by atoms with E-state index in [1.165, 1.54) is 30.2 Å². The highest BCUT2D eigenvalue weighted by Gasteiger charge is 2.56. The number of ether oxygens (including phenoxy) is 1. The van der Waals surface area contributed by atoms with Gasteiger partial charge < -0.3 is 9.84 Å². The van der Waals surface area contributed by atoms with Crippen LogP contribution in [0.2, 0.25) is 0 Å². The molecule has 0 spiro atoms. The third-order valence-electron chi connectivity index (χ3n) is 8.13. The summed E-state index contributed by atoms with van der Waals surface area (Å²) in [5.41, 5.74) is 3.04. The molecule has 3 aliphatic carbocycles. The average Bonchev–Trinajstić information content (AvgIpc) is 3.16. The molecule has 4 aliphatic rings. The van der Waals surface area contributed by atoms with Crippen LogP contribution >= 0.6 is 15.9 Å². The second-order valence-corrected chi connectivity index (χ2v) is 10.9. The number of hydrogen-bond acceptors (Lipinski definition) is 6. The first-order valence-electron chi connectivity index (χ1n) is 12.5.